The van der Waals surface area contributed by atoms with Crippen LogP contribution in [-0.4, -0.2) is 73.5 Å². The highest BCUT2D eigenvalue weighted by molar-refractivity contribution is 5.94. The Hall–Kier alpha value is -2.58. The van der Waals surface area contributed by atoms with Gasteiger partial charge in [0.05, 0.1) is 12.2 Å². The van der Waals surface area contributed by atoms with Crippen LogP contribution in [0.3, 0.4) is 0 Å². The second-order valence-corrected chi connectivity index (χ2v) is 10.7. The van der Waals surface area contributed by atoms with Crippen molar-refractivity contribution >= 4 is 5.91 Å². The molecule has 1 aliphatic rings. The van der Waals surface area contributed by atoms with Crippen molar-refractivity contribution in [3.05, 3.63) is 64.2 Å². The van der Waals surface area contributed by atoms with E-state index in [0.29, 0.717) is 32.8 Å². The standard InChI is InChI=1S/C31H44F3N3O2/c1-6-7-16-35(5)17-8-9-22-39-29-15-14-28(23(2)24(29)3)25(4)36-18-20-37(21-19-36)30(38)26-10-12-27(13-11-26)31(32,33)34/h10-15,25H,6-9,16-22H2,1-5H3. The highest BCUT2D eigenvalue weighted by Crippen LogP contribution is 2.32. The van der Waals surface area contributed by atoms with Crippen LogP contribution in [0.2, 0.25) is 0 Å². The molecule has 0 N–H and O–H groups in total. The first-order valence-electron chi connectivity index (χ1n) is 14.1. The lowest BCUT2D eigenvalue weighted by atomic mass is 9.96. The maximum absolute atomic E-state index is 12.9. The summed E-state index contributed by atoms with van der Waals surface area (Å²) in [6, 6.07) is 8.88. The molecule has 0 saturated carbocycles. The number of carbonyl (C=O) groups is 1. The van der Waals surface area contributed by atoms with Gasteiger partial charge in [-0.2, -0.15) is 13.2 Å². The number of nitrogens with zero attached hydrogens (tertiary/aromatic N) is 3. The number of hydrogen-bond donors (Lipinski definition) is 0. The number of halogens is 3. The Balaban J connectivity index is 1.50. The van der Waals surface area contributed by atoms with Gasteiger partial charge in [0, 0.05) is 37.8 Å². The molecular formula is C31H44F3N3O2. The average molecular weight is 548 g/mol. The number of hydrogen-bond acceptors (Lipinski definition) is 4. The van der Waals surface area contributed by atoms with Crippen LogP contribution in [0.4, 0.5) is 13.2 Å². The minimum absolute atomic E-state index is 0.180. The average Bonchev–Trinajstić information content (AvgIpc) is 2.93. The van der Waals surface area contributed by atoms with Gasteiger partial charge in [-0.3, -0.25) is 9.69 Å². The number of benzene rings is 2. The molecule has 216 valence electrons. The summed E-state index contributed by atoms with van der Waals surface area (Å²) in [5.41, 5.74) is 3.18. The molecule has 39 heavy (non-hydrogen) atoms. The summed E-state index contributed by atoms with van der Waals surface area (Å²) in [7, 11) is 2.18. The minimum Gasteiger partial charge on any atom is -0.493 e. The Labute approximate surface area is 231 Å². The summed E-state index contributed by atoms with van der Waals surface area (Å²) in [4.78, 5) is 19.3. The normalized spacial score (nSPS) is 15.6. The van der Waals surface area contributed by atoms with Gasteiger partial charge in [-0.05, 0) is 107 Å². The molecule has 2 aromatic rings. The van der Waals surface area contributed by atoms with Crippen molar-refractivity contribution in [1.29, 1.82) is 0 Å². The summed E-state index contributed by atoms with van der Waals surface area (Å²) in [6.07, 6.45) is 0.216. The zero-order valence-electron chi connectivity index (χ0n) is 24.1. The van der Waals surface area contributed by atoms with Crippen LogP contribution in [-0.2, 0) is 6.18 Å². The van der Waals surface area contributed by atoms with E-state index in [1.807, 2.05) is 0 Å². The van der Waals surface area contributed by atoms with E-state index >= 15 is 0 Å². The van der Waals surface area contributed by atoms with Crippen molar-refractivity contribution in [3.8, 4) is 5.75 Å². The number of ether oxygens (including phenoxy) is 1. The quantitative estimate of drug-likeness (QED) is 0.276. The third kappa shape index (κ3) is 8.45. The number of piperazine rings is 1. The zero-order chi connectivity index (χ0) is 28.6. The largest absolute Gasteiger partial charge is 0.493 e. The van der Waals surface area contributed by atoms with E-state index in [1.54, 1.807) is 4.90 Å². The van der Waals surface area contributed by atoms with E-state index in [9.17, 15) is 18.0 Å². The predicted molar refractivity (Wildman–Crippen MR) is 150 cm³/mol. The van der Waals surface area contributed by atoms with E-state index in [0.717, 1.165) is 49.4 Å². The lowest BCUT2D eigenvalue weighted by Gasteiger charge is -2.39. The molecule has 1 fully saturated rings. The second-order valence-electron chi connectivity index (χ2n) is 10.7. The van der Waals surface area contributed by atoms with Gasteiger partial charge >= 0.3 is 6.18 Å². The van der Waals surface area contributed by atoms with Crippen LogP contribution in [0, 0.1) is 13.8 Å². The number of rotatable bonds is 12. The first-order valence-corrected chi connectivity index (χ1v) is 14.1. The maximum atomic E-state index is 12.9. The molecule has 0 aromatic heterocycles. The smallest absolute Gasteiger partial charge is 0.416 e. The molecule has 1 aliphatic heterocycles. The van der Waals surface area contributed by atoms with Crippen LogP contribution in [0.1, 0.15) is 78.2 Å². The van der Waals surface area contributed by atoms with Crippen LogP contribution in [0.5, 0.6) is 5.75 Å². The van der Waals surface area contributed by atoms with E-state index in [1.165, 1.54) is 36.1 Å². The molecule has 0 aliphatic carbocycles. The summed E-state index contributed by atoms with van der Waals surface area (Å²) in [5.74, 6) is 0.715. The molecule has 0 radical (unpaired) electrons. The van der Waals surface area contributed by atoms with Gasteiger partial charge in [0.2, 0.25) is 0 Å². The fraction of sp³-hybridized carbons (Fsp3) is 0.581. The lowest BCUT2D eigenvalue weighted by Crippen LogP contribution is -2.49. The second kappa shape index (κ2) is 14.2. The van der Waals surface area contributed by atoms with Gasteiger partial charge < -0.3 is 14.5 Å². The summed E-state index contributed by atoms with van der Waals surface area (Å²) in [5, 5.41) is 0. The maximum Gasteiger partial charge on any atom is 0.416 e. The Bertz CT molecular complexity index is 1060. The van der Waals surface area contributed by atoms with E-state index in [4.69, 9.17) is 4.74 Å². The first kappa shape index (κ1) is 31.0. The fourth-order valence-corrected chi connectivity index (χ4v) is 5.12. The molecule has 1 atom stereocenters. The summed E-state index contributed by atoms with van der Waals surface area (Å²) < 4.78 is 44.6. The number of unbranched alkanes of at least 4 members (excludes halogenated alkanes) is 2. The molecule has 8 heteroatoms. The molecule has 3 rings (SSSR count). The Morgan fingerprint density at radius 3 is 2.21 bits per heavy atom. The van der Waals surface area contributed by atoms with Crippen LogP contribution in [0.25, 0.3) is 0 Å². The molecule has 1 heterocycles. The molecule has 1 amide bonds. The van der Waals surface area contributed by atoms with Crippen molar-refractivity contribution in [2.24, 2.45) is 0 Å². The van der Waals surface area contributed by atoms with Crippen LogP contribution in [0.15, 0.2) is 36.4 Å². The van der Waals surface area contributed by atoms with Crippen molar-refractivity contribution in [3.63, 3.8) is 0 Å². The summed E-state index contributed by atoms with van der Waals surface area (Å²) >= 11 is 0. The van der Waals surface area contributed by atoms with Gasteiger partial charge in [0.15, 0.2) is 0 Å². The van der Waals surface area contributed by atoms with Gasteiger partial charge in [-0.15, -0.1) is 0 Å². The van der Waals surface area contributed by atoms with Crippen molar-refractivity contribution < 1.29 is 22.7 Å². The Morgan fingerprint density at radius 1 is 0.949 bits per heavy atom. The first-order chi connectivity index (χ1) is 18.5. The van der Waals surface area contributed by atoms with Gasteiger partial charge in [0.1, 0.15) is 5.75 Å². The van der Waals surface area contributed by atoms with Crippen molar-refractivity contribution in [2.75, 3.05) is 52.9 Å². The van der Waals surface area contributed by atoms with Crippen LogP contribution < -0.4 is 4.74 Å². The van der Waals surface area contributed by atoms with E-state index in [-0.39, 0.29) is 17.5 Å². The summed E-state index contributed by atoms with van der Waals surface area (Å²) in [6.45, 7) is 14.1. The van der Waals surface area contributed by atoms with Gasteiger partial charge in [-0.1, -0.05) is 19.4 Å². The zero-order valence-corrected chi connectivity index (χ0v) is 24.1. The van der Waals surface area contributed by atoms with Gasteiger partial charge in [-0.25, -0.2) is 0 Å². The van der Waals surface area contributed by atoms with Crippen LogP contribution >= 0.6 is 0 Å². The number of amides is 1. The molecule has 0 spiro atoms. The molecule has 1 saturated heterocycles. The van der Waals surface area contributed by atoms with Crippen molar-refractivity contribution in [1.82, 2.24) is 14.7 Å². The van der Waals surface area contributed by atoms with E-state index < -0.39 is 11.7 Å². The third-order valence-electron chi connectivity index (χ3n) is 7.92. The molecule has 2 aromatic carbocycles. The Kier molecular flexibility index (Phi) is 11.2. The lowest BCUT2D eigenvalue weighted by molar-refractivity contribution is -0.137. The molecule has 5 nitrogen and oxygen atoms in total. The third-order valence-corrected chi connectivity index (χ3v) is 7.92. The number of alkyl halides is 3. The molecule has 0 bridgehead atoms. The predicted octanol–water partition coefficient (Wildman–Crippen LogP) is 6.73. The monoisotopic (exact) mass is 547 g/mol. The number of carbonyl (C=O) groups excluding carboxylic acids is 1. The molecule has 1 unspecified atom stereocenters. The van der Waals surface area contributed by atoms with Crippen molar-refractivity contribution in [2.45, 2.75) is 65.6 Å². The fourth-order valence-electron chi connectivity index (χ4n) is 5.12. The van der Waals surface area contributed by atoms with E-state index in [2.05, 4.69) is 56.7 Å². The molecular weight excluding hydrogens is 503 g/mol. The topological polar surface area (TPSA) is 36.0 Å². The van der Waals surface area contributed by atoms with Gasteiger partial charge in [0.25, 0.3) is 5.91 Å². The highest BCUT2D eigenvalue weighted by atomic mass is 19.4. The minimum atomic E-state index is -4.41. The highest BCUT2D eigenvalue weighted by Gasteiger charge is 2.31. The Morgan fingerprint density at radius 2 is 1.59 bits per heavy atom. The SMILES string of the molecule is CCCCN(C)CCCCOc1ccc(C(C)N2CCN(C(=O)c3ccc(C(F)(F)F)cc3)CC2)c(C)c1C.